The first kappa shape index (κ1) is 34.9. The average molecular weight is 595 g/mol. The van der Waals surface area contributed by atoms with Gasteiger partial charge in [0.15, 0.2) is 0 Å². The number of hydrogen-bond donors (Lipinski definition) is 3. The summed E-state index contributed by atoms with van der Waals surface area (Å²) >= 11 is 1.86. The number of hydrogen-bond acceptors (Lipinski definition) is 6. The van der Waals surface area contributed by atoms with Gasteiger partial charge < -0.3 is 25.2 Å². The van der Waals surface area contributed by atoms with Crippen molar-refractivity contribution in [1.82, 2.24) is 10.6 Å². The van der Waals surface area contributed by atoms with Gasteiger partial charge in [0.05, 0.1) is 19.8 Å². The number of amides is 1. The molecule has 0 spiro atoms. The zero-order valence-electron chi connectivity index (χ0n) is 25.8. The third kappa shape index (κ3) is 10.5. The number of ether oxygens (including phenoxy) is 2. The van der Waals surface area contributed by atoms with Crippen LogP contribution in [0.25, 0.3) is 11.1 Å². The van der Waals surface area contributed by atoms with Crippen molar-refractivity contribution in [3.8, 4) is 16.9 Å². The number of aryl methyl sites for hydroxylation is 1. The van der Waals surface area contributed by atoms with E-state index in [0.717, 1.165) is 46.6 Å². The summed E-state index contributed by atoms with van der Waals surface area (Å²) in [5.74, 6) is 0.697. The predicted octanol–water partition coefficient (Wildman–Crippen LogP) is 6.50. The molecule has 42 heavy (non-hydrogen) atoms. The van der Waals surface area contributed by atoms with Gasteiger partial charge in [0.25, 0.3) is 5.91 Å². The first-order chi connectivity index (χ1) is 20.4. The molecule has 1 amide bonds. The lowest BCUT2D eigenvalue weighted by molar-refractivity contribution is -0.139. The van der Waals surface area contributed by atoms with E-state index in [-0.39, 0.29) is 6.42 Å². The second-order valence-corrected chi connectivity index (χ2v) is 10.7. The number of carbonyl (C=O) groups is 2. The summed E-state index contributed by atoms with van der Waals surface area (Å²) in [6, 6.07) is 18.6. The van der Waals surface area contributed by atoms with Gasteiger partial charge in [0, 0.05) is 12.0 Å². The molecule has 0 saturated heterocycles. The summed E-state index contributed by atoms with van der Waals surface area (Å²) in [4.78, 5) is 24.9. The van der Waals surface area contributed by atoms with Crippen molar-refractivity contribution in [2.24, 2.45) is 0 Å². The number of nitrogens with one attached hydrogen (secondary N) is 2. The summed E-state index contributed by atoms with van der Waals surface area (Å²) in [6.45, 7) is 10.2. The van der Waals surface area contributed by atoms with Gasteiger partial charge in [-0.15, -0.1) is 0 Å². The first-order valence-corrected chi connectivity index (χ1v) is 16.0. The van der Waals surface area contributed by atoms with Crippen molar-refractivity contribution in [2.75, 3.05) is 32.2 Å². The van der Waals surface area contributed by atoms with Crippen LogP contribution in [0.3, 0.4) is 0 Å². The minimum absolute atomic E-state index is 0.289. The molecule has 0 radical (unpaired) electrons. The molecule has 4 rings (SSSR count). The molecule has 0 bridgehead atoms. The Kier molecular flexibility index (Phi) is 15.8. The normalized spacial score (nSPS) is 12.0. The molecule has 0 saturated carbocycles. The van der Waals surface area contributed by atoms with Crippen molar-refractivity contribution < 1.29 is 24.2 Å². The fraction of sp³-hybridized carbons (Fsp3) is 0.412. The molecular weight excluding hydrogens is 548 g/mol. The van der Waals surface area contributed by atoms with Crippen molar-refractivity contribution in [3.63, 3.8) is 0 Å². The smallest absolute Gasteiger partial charge is 0.326 e. The lowest BCUT2D eigenvalue weighted by atomic mass is 9.93. The SMILES string of the molecule is CC.CCSC.CNCCC(NC(=O)c1ccc(COCc2ccc3c(c2)OCC3)cc1-c1ccccc1C)C(=O)O. The number of rotatable bonds is 12. The maximum Gasteiger partial charge on any atom is 0.326 e. The predicted molar refractivity (Wildman–Crippen MR) is 174 cm³/mol. The van der Waals surface area contributed by atoms with Gasteiger partial charge in [-0.1, -0.05) is 63.2 Å². The topological polar surface area (TPSA) is 96.9 Å². The summed E-state index contributed by atoms with van der Waals surface area (Å²) in [7, 11) is 1.75. The second-order valence-electron chi connectivity index (χ2n) is 9.56. The van der Waals surface area contributed by atoms with Crippen molar-refractivity contribution in [2.45, 2.75) is 59.8 Å². The summed E-state index contributed by atoms with van der Waals surface area (Å²) in [5, 5.41) is 15.2. The number of carboxylic acids is 1. The van der Waals surface area contributed by atoms with Crippen LogP contribution in [0.5, 0.6) is 5.75 Å². The van der Waals surface area contributed by atoms with Crippen LogP contribution in [0.4, 0.5) is 0 Å². The highest BCUT2D eigenvalue weighted by Gasteiger charge is 2.22. The Morgan fingerprint density at radius 2 is 1.69 bits per heavy atom. The van der Waals surface area contributed by atoms with Gasteiger partial charge in [0.1, 0.15) is 11.8 Å². The standard InChI is InChI=1S/C29H32N2O5.C3H8S.C2H6/c1-19-5-3-4-6-23(19)25-15-20(17-35-18-21-7-9-22-12-14-36-27(22)16-21)8-10-24(25)28(32)31-26(29(33)34)11-13-30-2;1-3-4-2;1-2/h3-10,15-16,26,30H,11-14,17-18H2,1-2H3,(H,31,32)(H,33,34);3H2,1-2H3;1-2H3. The van der Waals surface area contributed by atoms with Crippen LogP contribution in [0, 0.1) is 6.92 Å². The molecule has 0 fully saturated rings. The summed E-state index contributed by atoms with van der Waals surface area (Å²) < 4.78 is 11.6. The number of carbonyl (C=O) groups excluding carboxylic acids is 1. The number of thioether (sulfide) groups is 1. The van der Waals surface area contributed by atoms with Crippen molar-refractivity contribution in [1.29, 1.82) is 0 Å². The molecule has 3 N–H and O–H groups in total. The van der Waals surface area contributed by atoms with Gasteiger partial charge in [-0.3, -0.25) is 4.79 Å². The van der Waals surface area contributed by atoms with E-state index >= 15 is 0 Å². The highest BCUT2D eigenvalue weighted by Crippen LogP contribution is 2.29. The molecule has 0 aliphatic carbocycles. The van der Waals surface area contributed by atoms with Crippen LogP contribution >= 0.6 is 11.8 Å². The zero-order chi connectivity index (χ0) is 30.9. The van der Waals surface area contributed by atoms with Crippen LogP contribution < -0.4 is 15.4 Å². The van der Waals surface area contributed by atoms with Crippen LogP contribution in [0.15, 0.2) is 60.7 Å². The fourth-order valence-corrected chi connectivity index (χ4v) is 4.35. The lowest BCUT2D eigenvalue weighted by Gasteiger charge is -2.18. The number of benzene rings is 3. The number of carboxylic acid groups (broad SMARTS) is 1. The van der Waals surface area contributed by atoms with Crippen molar-refractivity contribution in [3.05, 3.63) is 88.5 Å². The average Bonchev–Trinajstić information content (AvgIpc) is 3.48. The summed E-state index contributed by atoms with van der Waals surface area (Å²) in [6.07, 6.45) is 3.33. The Balaban J connectivity index is 0.000000947. The Bertz CT molecular complexity index is 1280. The van der Waals surface area contributed by atoms with E-state index in [9.17, 15) is 14.7 Å². The van der Waals surface area contributed by atoms with E-state index in [0.29, 0.717) is 25.3 Å². The van der Waals surface area contributed by atoms with E-state index in [1.165, 1.54) is 11.3 Å². The number of fused-ring (bicyclic) bond motifs is 1. The highest BCUT2D eigenvalue weighted by molar-refractivity contribution is 7.98. The van der Waals surface area contributed by atoms with Gasteiger partial charge in [-0.25, -0.2) is 4.79 Å². The second kappa shape index (κ2) is 19.0. The Hall–Kier alpha value is -3.33. The molecule has 3 aromatic rings. The third-order valence-corrected chi connectivity index (χ3v) is 7.21. The van der Waals surface area contributed by atoms with Gasteiger partial charge in [0.2, 0.25) is 0 Å². The third-order valence-electron chi connectivity index (χ3n) is 6.64. The van der Waals surface area contributed by atoms with Crippen molar-refractivity contribution >= 4 is 23.6 Å². The lowest BCUT2D eigenvalue weighted by Crippen LogP contribution is -2.42. The van der Waals surface area contributed by atoms with Gasteiger partial charge in [-0.05, 0) is 90.5 Å². The summed E-state index contributed by atoms with van der Waals surface area (Å²) in [5.41, 5.74) is 6.32. The molecule has 1 heterocycles. The maximum atomic E-state index is 13.2. The molecular formula is C34H46N2O5S. The monoisotopic (exact) mass is 594 g/mol. The fourth-order valence-electron chi connectivity index (χ4n) is 4.35. The van der Waals surface area contributed by atoms with Crippen LogP contribution in [0.2, 0.25) is 0 Å². The molecule has 1 aliphatic rings. The molecule has 1 aliphatic heterocycles. The molecule has 1 unspecified atom stereocenters. The zero-order valence-corrected chi connectivity index (χ0v) is 26.6. The van der Waals surface area contributed by atoms with Crippen LogP contribution in [-0.4, -0.2) is 55.2 Å². The first-order valence-electron chi connectivity index (χ1n) is 14.6. The molecule has 1 atom stereocenters. The van der Waals surface area contributed by atoms with Gasteiger partial charge >= 0.3 is 5.97 Å². The highest BCUT2D eigenvalue weighted by atomic mass is 32.2. The van der Waals surface area contributed by atoms with Crippen LogP contribution in [-0.2, 0) is 29.2 Å². The molecule has 228 valence electrons. The molecule has 7 nitrogen and oxygen atoms in total. The maximum absolute atomic E-state index is 13.2. The Labute approximate surface area is 255 Å². The van der Waals surface area contributed by atoms with Gasteiger partial charge in [-0.2, -0.15) is 11.8 Å². The Morgan fingerprint density at radius 1 is 1.02 bits per heavy atom. The minimum atomic E-state index is -1.06. The van der Waals surface area contributed by atoms with Crippen LogP contribution in [0.1, 0.15) is 59.8 Å². The van der Waals surface area contributed by atoms with E-state index in [4.69, 9.17) is 9.47 Å². The molecule has 3 aromatic carbocycles. The number of aliphatic carboxylic acids is 1. The largest absolute Gasteiger partial charge is 0.493 e. The van der Waals surface area contributed by atoms with E-state index in [2.05, 4.69) is 35.9 Å². The minimum Gasteiger partial charge on any atom is -0.493 e. The van der Waals surface area contributed by atoms with E-state index in [1.54, 1.807) is 13.1 Å². The van der Waals surface area contributed by atoms with E-state index < -0.39 is 17.9 Å². The Morgan fingerprint density at radius 3 is 2.33 bits per heavy atom. The molecule has 8 heteroatoms. The van der Waals surface area contributed by atoms with E-state index in [1.807, 2.05) is 75.0 Å². The molecule has 0 aromatic heterocycles. The quantitative estimate of drug-likeness (QED) is 0.220.